The van der Waals surface area contributed by atoms with E-state index in [-0.39, 0.29) is 0 Å². The molecule has 1 atom stereocenters. The zero-order valence-corrected chi connectivity index (χ0v) is 13.8. The summed E-state index contributed by atoms with van der Waals surface area (Å²) in [5.41, 5.74) is 1.41. The van der Waals surface area contributed by atoms with Crippen molar-refractivity contribution in [3.8, 4) is 0 Å². The fourth-order valence-corrected chi connectivity index (χ4v) is 3.59. The maximum absolute atomic E-state index is 5.11. The largest absolute Gasteiger partial charge is 0.385 e. The number of nitrogens with one attached hydrogen (secondary N) is 1. The predicted octanol–water partition coefficient (Wildman–Crippen LogP) is 4.26. The lowest BCUT2D eigenvalue weighted by Gasteiger charge is -2.20. The van der Waals surface area contributed by atoms with E-state index in [0.717, 1.165) is 31.1 Å². The highest BCUT2D eigenvalue weighted by Gasteiger charge is 2.13. The van der Waals surface area contributed by atoms with Crippen molar-refractivity contribution in [2.75, 3.05) is 31.8 Å². The van der Waals surface area contributed by atoms with Gasteiger partial charge in [0.25, 0.3) is 0 Å². The summed E-state index contributed by atoms with van der Waals surface area (Å²) < 4.78 is 5.11. The Morgan fingerprint density at radius 2 is 1.95 bits per heavy atom. The molecule has 2 rings (SSSR count). The topological polar surface area (TPSA) is 21.3 Å². The molecule has 0 aliphatic carbocycles. The third-order valence-electron chi connectivity index (χ3n) is 3.57. The first-order chi connectivity index (χ1) is 10.4. The van der Waals surface area contributed by atoms with Crippen molar-refractivity contribution in [1.29, 1.82) is 0 Å². The quantitative estimate of drug-likeness (QED) is 0.699. The van der Waals surface area contributed by atoms with Gasteiger partial charge in [-0.1, -0.05) is 49.4 Å². The number of methoxy groups -OCH3 is 1. The first kappa shape index (κ1) is 16.3. The van der Waals surface area contributed by atoms with Crippen molar-refractivity contribution in [1.82, 2.24) is 5.32 Å². The summed E-state index contributed by atoms with van der Waals surface area (Å²) >= 11 is 2.00. The van der Waals surface area contributed by atoms with Gasteiger partial charge in [0, 0.05) is 25.5 Å². The molecular formula is C18H25NOS. The summed E-state index contributed by atoms with van der Waals surface area (Å²) in [6.45, 7) is 4.02. The molecule has 2 aromatic carbocycles. The second kappa shape index (κ2) is 9.08. The summed E-state index contributed by atoms with van der Waals surface area (Å²) in [5.74, 6) is 2.26. The van der Waals surface area contributed by atoms with Gasteiger partial charge in [0.1, 0.15) is 0 Å². The highest BCUT2D eigenvalue weighted by atomic mass is 32.2. The maximum Gasteiger partial charge on any atom is 0.0470 e. The van der Waals surface area contributed by atoms with Crippen LogP contribution < -0.4 is 5.32 Å². The van der Waals surface area contributed by atoms with Crippen molar-refractivity contribution < 1.29 is 4.74 Å². The number of fused-ring (bicyclic) bond motifs is 1. The van der Waals surface area contributed by atoms with Gasteiger partial charge < -0.3 is 10.1 Å². The fraction of sp³-hybridized carbons (Fsp3) is 0.444. The number of thioether (sulfide) groups is 1. The van der Waals surface area contributed by atoms with Crippen molar-refractivity contribution >= 4 is 22.5 Å². The van der Waals surface area contributed by atoms with Crippen molar-refractivity contribution in [3.05, 3.63) is 48.0 Å². The molecule has 0 aromatic heterocycles. The molecule has 0 saturated heterocycles. The van der Waals surface area contributed by atoms with E-state index in [1.165, 1.54) is 16.3 Å². The second-order valence-corrected chi connectivity index (χ2v) is 6.25. The van der Waals surface area contributed by atoms with Crippen LogP contribution >= 0.6 is 11.8 Å². The molecule has 21 heavy (non-hydrogen) atoms. The van der Waals surface area contributed by atoms with Crippen LogP contribution in [0.1, 0.15) is 24.9 Å². The van der Waals surface area contributed by atoms with Crippen LogP contribution in [0.4, 0.5) is 0 Å². The number of rotatable bonds is 9. The van der Waals surface area contributed by atoms with Crippen LogP contribution in [0, 0.1) is 0 Å². The lowest BCUT2D eigenvalue weighted by molar-refractivity contribution is 0.200. The molecule has 2 nitrogen and oxygen atoms in total. The van der Waals surface area contributed by atoms with E-state index >= 15 is 0 Å². The lowest BCUT2D eigenvalue weighted by Crippen LogP contribution is -2.23. The zero-order chi connectivity index (χ0) is 14.9. The monoisotopic (exact) mass is 303 g/mol. The van der Waals surface area contributed by atoms with E-state index in [9.17, 15) is 0 Å². The van der Waals surface area contributed by atoms with E-state index in [2.05, 4.69) is 54.7 Å². The summed E-state index contributed by atoms with van der Waals surface area (Å²) in [7, 11) is 1.77. The smallest absolute Gasteiger partial charge is 0.0470 e. The van der Waals surface area contributed by atoms with Gasteiger partial charge in [-0.25, -0.2) is 0 Å². The van der Waals surface area contributed by atoms with E-state index in [1.807, 2.05) is 11.8 Å². The van der Waals surface area contributed by atoms with Gasteiger partial charge in [-0.2, -0.15) is 11.8 Å². The van der Waals surface area contributed by atoms with E-state index < -0.39 is 0 Å². The number of hydrogen-bond acceptors (Lipinski definition) is 3. The minimum absolute atomic E-state index is 0.411. The van der Waals surface area contributed by atoms with Gasteiger partial charge in [-0.3, -0.25) is 0 Å². The molecule has 0 fully saturated rings. The Morgan fingerprint density at radius 1 is 1.14 bits per heavy atom. The normalized spacial score (nSPS) is 12.7. The number of hydrogen-bond donors (Lipinski definition) is 1. The molecule has 0 aliphatic rings. The first-order valence-electron chi connectivity index (χ1n) is 7.64. The van der Waals surface area contributed by atoms with E-state index in [0.29, 0.717) is 6.04 Å². The third-order valence-corrected chi connectivity index (χ3v) is 4.72. The Balaban J connectivity index is 2.08. The van der Waals surface area contributed by atoms with E-state index in [4.69, 9.17) is 4.74 Å². The molecule has 0 radical (unpaired) electrons. The average Bonchev–Trinajstić information content (AvgIpc) is 2.53. The molecule has 0 saturated carbocycles. The lowest BCUT2D eigenvalue weighted by atomic mass is 9.99. The Hall–Kier alpha value is -1.03. The summed E-state index contributed by atoms with van der Waals surface area (Å²) in [4.78, 5) is 0. The van der Waals surface area contributed by atoms with Gasteiger partial charge in [-0.15, -0.1) is 0 Å². The molecule has 0 spiro atoms. The number of benzene rings is 2. The van der Waals surface area contributed by atoms with Crippen LogP contribution in [0.2, 0.25) is 0 Å². The maximum atomic E-state index is 5.11. The molecule has 114 valence electrons. The molecule has 0 heterocycles. The Kier molecular flexibility index (Phi) is 7.07. The van der Waals surface area contributed by atoms with Crippen molar-refractivity contribution in [2.45, 2.75) is 19.4 Å². The fourth-order valence-electron chi connectivity index (χ4n) is 2.57. The zero-order valence-electron chi connectivity index (χ0n) is 13.0. The second-order valence-electron chi connectivity index (χ2n) is 5.10. The van der Waals surface area contributed by atoms with Gasteiger partial charge in [0.05, 0.1) is 0 Å². The van der Waals surface area contributed by atoms with Gasteiger partial charge >= 0.3 is 0 Å². The molecule has 1 unspecified atom stereocenters. The van der Waals surface area contributed by atoms with Crippen LogP contribution in [0.3, 0.4) is 0 Å². The predicted molar refractivity (Wildman–Crippen MR) is 94.2 cm³/mol. The summed E-state index contributed by atoms with van der Waals surface area (Å²) in [6, 6.07) is 15.7. The standard InChI is InChI=1S/C18H25NOS/c1-3-19-18(14-21-13-7-12-20-2)17-11-6-9-15-8-4-5-10-16(15)17/h4-6,8-11,18-19H,3,7,12-14H2,1-2H3. The molecule has 2 aromatic rings. The van der Waals surface area contributed by atoms with Gasteiger partial charge in [-0.05, 0) is 35.1 Å². The molecule has 0 bridgehead atoms. The van der Waals surface area contributed by atoms with Gasteiger partial charge in [0.15, 0.2) is 0 Å². The SMILES string of the molecule is CCNC(CSCCCOC)c1cccc2ccccc12. The molecule has 0 amide bonds. The molecule has 0 aliphatic heterocycles. The average molecular weight is 303 g/mol. The van der Waals surface area contributed by atoms with Gasteiger partial charge in [0.2, 0.25) is 0 Å². The Labute approximate surface area is 132 Å². The third kappa shape index (κ3) is 4.73. The van der Waals surface area contributed by atoms with Crippen LogP contribution in [0.5, 0.6) is 0 Å². The summed E-state index contributed by atoms with van der Waals surface area (Å²) in [6.07, 6.45) is 1.12. The first-order valence-corrected chi connectivity index (χ1v) is 8.80. The van der Waals surface area contributed by atoms with Crippen LogP contribution in [-0.4, -0.2) is 31.8 Å². The van der Waals surface area contributed by atoms with Crippen LogP contribution in [-0.2, 0) is 4.74 Å². The minimum atomic E-state index is 0.411. The number of ether oxygens (including phenoxy) is 1. The molecular weight excluding hydrogens is 278 g/mol. The minimum Gasteiger partial charge on any atom is -0.385 e. The molecule has 3 heteroatoms. The van der Waals surface area contributed by atoms with Crippen LogP contribution in [0.15, 0.2) is 42.5 Å². The van der Waals surface area contributed by atoms with Crippen molar-refractivity contribution in [2.24, 2.45) is 0 Å². The summed E-state index contributed by atoms with van der Waals surface area (Å²) in [5, 5.41) is 6.32. The molecule has 1 N–H and O–H groups in total. The highest BCUT2D eigenvalue weighted by Crippen LogP contribution is 2.26. The Bertz CT molecular complexity index is 538. The highest BCUT2D eigenvalue weighted by molar-refractivity contribution is 7.99. The van der Waals surface area contributed by atoms with Crippen molar-refractivity contribution in [3.63, 3.8) is 0 Å². The Morgan fingerprint density at radius 3 is 2.76 bits per heavy atom. The van der Waals surface area contributed by atoms with Crippen LogP contribution in [0.25, 0.3) is 10.8 Å². The van der Waals surface area contributed by atoms with E-state index in [1.54, 1.807) is 7.11 Å².